The van der Waals surface area contributed by atoms with Crippen LogP contribution in [0, 0.1) is 5.92 Å². The fourth-order valence-corrected chi connectivity index (χ4v) is 13.0. The van der Waals surface area contributed by atoms with Crippen LogP contribution in [-0.4, -0.2) is 103 Å². The highest BCUT2D eigenvalue weighted by molar-refractivity contribution is 6.71. The number of rotatable bonds is 14. The second-order valence-electron chi connectivity index (χ2n) is 17.3. The Balaban J connectivity index is 1.13. The lowest BCUT2D eigenvalue weighted by molar-refractivity contribution is -0.146. The number of aliphatic hydroxyl groups is 1. The minimum Gasteiger partial charge on any atom is -0.469 e. The first-order valence-electron chi connectivity index (χ1n) is 21.3. The molecule has 3 aromatic carbocycles. The van der Waals surface area contributed by atoms with E-state index in [0.717, 1.165) is 24.3 Å². The Kier molecular flexibility index (Phi) is 11.7. The van der Waals surface area contributed by atoms with Crippen molar-refractivity contribution in [3.05, 3.63) is 102 Å². The molecule has 15 heteroatoms. The topological polar surface area (TPSA) is 163 Å². The van der Waals surface area contributed by atoms with Crippen molar-refractivity contribution in [3.8, 4) is 0 Å². The van der Waals surface area contributed by atoms with Crippen molar-refractivity contribution < 1.29 is 33.8 Å². The van der Waals surface area contributed by atoms with Gasteiger partial charge in [0.05, 0.1) is 43.8 Å². The number of carbonyl (C=O) groups excluding carboxylic acids is 3. The smallest absolute Gasteiger partial charge is 0.305 e. The Morgan fingerprint density at radius 2 is 1.70 bits per heavy atom. The highest BCUT2D eigenvalue weighted by atomic mass is 28.4. The number of para-hydroxylation sites is 1. The molecule has 1 unspecified atom stereocenters. The molecule has 5 atom stereocenters. The number of unbranched alkanes of at least 4 members (excludes halogenated alkanes) is 1. The van der Waals surface area contributed by atoms with E-state index in [-0.39, 0.29) is 42.3 Å². The first-order valence-corrected chi connectivity index (χ1v) is 24.3. The van der Waals surface area contributed by atoms with Gasteiger partial charge in [0.2, 0.25) is 0 Å². The van der Waals surface area contributed by atoms with Crippen molar-refractivity contribution in [2.45, 2.75) is 93.8 Å². The number of amides is 2. The van der Waals surface area contributed by atoms with Gasteiger partial charge >= 0.3 is 5.97 Å². The highest BCUT2D eigenvalue weighted by Crippen LogP contribution is 2.60. The summed E-state index contributed by atoms with van der Waals surface area (Å²) in [5, 5.41) is 22.5. The number of aromatic nitrogens is 3. The molecule has 2 amide bonds. The second-order valence-corrected chi connectivity index (χ2v) is 21.3. The molecule has 60 heavy (non-hydrogen) atoms. The van der Waals surface area contributed by atoms with Crippen molar-refractivity contribution in [3.63, 3.8) is 0 Å². The minimum atomic E-state index is -2.99. The number of nitrogens with one attached hydrogen (secondary N) is 1. The Morgan fingerprint density at radius 3 is 2.38 bits per heavy atom. The lowest BCUT2D eigenvalue weighted by atomic mass is 9.82. The van der Waals surface area contributed by atoms with Gasteiger partial charge in [0.15, 0.2) is 13.9 Å². The summed E-state index contributed by atoms with van der Waals surface area (Å²) in [5.74, 6) is -1.19. The van der Waals surface area contributed by atoms with Gasteiger partial charge in [-0.05, 0) is 94.2 Å². The number of hydrogen-bond acceptors (Lipinski definition) is 11. The summed E-state index contributed by atoms with van der Waals surface area (Å²) in [5.41, 5.74) is 2.23. The Labute approximate surface area is 352 Å². The zero-order valence-electron chi connectivity index (χ0n) is 35.0. The zero-order chi connectivity index (χ0) is 42.2. The quantitative estimate of drug-likeness (QED) is 0.0899. The average Bonchev–Trinajstić information content (AvgIpc) is 3.98. The third kappa shape index (κ3) is 7.33. The third-order valence-corrected chi connectivity index (χ3v) is 15.9. The first kappa shape index (κ1) is 41.8. The summed E-state index contributed by atoms with van der Waals surface area (Å²) < 4.78 is 13.8. The molecule has 318 valence electrons. The minimum absolute atomic E-state index is 0.0359. The molecule has 14 nitrogen and oxygen atoms in total. The van der Waals surface area contributed by atoms with Gasteiger partial charge in [0.25, 0.3) is 11.8 Å². The number of methoxy groups -OCH3 is 1. The number of hydrogen-bond donors (Lipinski definition) is 3. The molecule has 3 fully saturated rings. The Morgan fingerprint density at radius 1 is 0.983 bits per heavy atom. The molecule has 4 aliphatic rings. The maximum atomic E-state index is 15.2. The monoisotopic (exact) mass is 835 g/mol. The standard InChI is InChI=1S/C45H57N7O7Si/c1-31-41(60(3,4)57)39(20-26-49-28-37(47-48-49)35(29-53)32-13-7-5-8-14-32)59-45(31)36-27-34(18-19-38(36)50(43(45)56)25-12-11-17-40(54)58-2)51-30-52(33-15-9-6-10-16-33)44(42(51)55)21-23-46-24-22-44/h5-10,13-16,18-19,27-28,31,35,39,41,46,53,57H,11-12,17,20-26,29-30H2,1-4H3/t31-,35?,39+,41-,45+/m0/s1. The van der Waals surface area contributed by atoms with Gasteiger partial charge in [0.1, 0.15) is 5.54 Å². The van der Waals surface area contributed by atoms with Crippen molar-refractivity contribution in [1.29, 1.82) is 0 Å². The van der Waals surface area contributed by atoms with Crippen molar-refractivity contribution in [2.75, 3.05) is 54.7 Å². The van der Waals surface area contributed by atoms with Gasteiger partial charge < -0.3 is 34.5 Å². The lowest BCUT2D eigenvalue weighted by Gasteiger charge is -2.39. The molecule has 0 aliphatic carbocycles. The number of nitrogens with zero attached hydrogens (tertiary/aromatic N) is 6. The molecule has 8 rings (SSSR count). The molecule has 0 saturated carbocycles. The highest BCUT2D eigenvalue weighted by Gasteiger charge is 2.66. The normalized spacial score (nSPS) is 24.2. The number of esters is 1. The number of fused-ring (bicyclic) bond motifs is 2. The van der Waals surface area contributed by atoms with E-state index in [1.54, 1.807) is 9.58 Å². The van der Waals surface area contributed by atoms with E-state index >= 15 is 4.79 Å². The van der Waals surface area contributed by atoms with Crippen molar-refractivity contribution in [1.82, 2.24) is 20.3 Å². The molecular weight excluding hydrogens is 779 g/mol. The molecule has 4 aliphatic heterocycles. The fraction of sp³-hybridized carbons (Fsp3) is 0.489. The van der Waals surface area contributed by atoms with E-state index < -0.39 is 31.5 Å². The molecule has 0 radical (unpaired) electrons. The first-order chi connectivity index (χ1) is 28.9. The van der Waals surface area contributed by atoms with E-state index in [2.05, 4.69) is 32.7 Å². The van der Waals surface area contributed by atoms with Crippen LogP contribution in [0.4, 0.5) is 17.1 Å². The summed E-state index contributed by atoms with van der Waals surface area (Å²) in [7, 11) is -1.62. The van der Waals surface area contributed by atoms with Gasteiger partial charge in [-0.1, -0.05) is 60.7 Å². The predicted molar refractivity (Wildman–Crippen MR) is 230 cm³/mol. The molecule has 5 heterocycles. The number of aliphatic hydroxyl groups excluding tert-OH is 1. The van der Waals surface area contributed by atoms with Crippen LogP contribution in [0.1, 0.15) is 68.2 Å². The maximum Gasteiger partial charge on any atom is 0.305 e. The summed E-state index contributed by atoms with van der Waals surface area (Å²) in [6, 6.07) is 25.6. The van der Waals surface area contributed by atoms with Gasteiger partial charge in [0, 0.05) is 54.1 Å². The largest absolute Gasteiger partial charge is 0.469 e. The predicted octanol–water partition coefficient (Wildman–Crippen LogP) is 4.91. The summed E-state index contributed by atoms with van der Waals surface area (Å²) in [4.78, 5) is 59.8. The maximum absolute atomic E-state index is 15.2. The SMILES string of the molecule is COC(=O)CCCCN1C(=O)[C@]2(O[C@H](CCn3cc(C(CO)c4ccccc4)nn3)[C@@H]([Si](C)(C)O)[C@@H]2C)c2cc(N3CN(c4ccccc4)C4(CCNCC4)C3=O)ccc21. The fourth-order valence-electron chi connectivity index (χ4n) is 10.4. The summed E-state index contributed by atoms with van der Waals surface area (Å²) in [6.07, 6.45) is 4.51. The number of aryl methyl sites for hydroxylation is 1. The second kappa shape index (κ2) is 16.8. The van der Waals surface area contributed by atoms with E-state index in [1.165, 1.54) is 7.11 Å². The third-order valence-electron chi connectivity index (χ3n) is 13.4. The number of ether oxygens (including phenoxy) is 2. The van der Waals surface area contributed by atoms with Crippen LogP contribution in [0.5, 0.6) is 0 Å². The summed E-state index contributed by atoms with van der Waals surface area (Å²) in [6.45, 7) is 8.32. The average molecular weight is 836 g/mol. The molecule has 1 aromatic heterocycles. The van der Waals surface area contributed by atoms with Gasteiger partial charge in [-0.25, -0.2) is 0 Å². The van der Waals surface area contributed by atoms with Crippen LogP contribution in [-0.2, 0) is 36.0 Å². The van der Waals surface area contributed by atoms with Gasteiger partial charge in [-0.15, -0.1) is 5.10 Å². The van der Waals surface area contributed by atoms with E-state index in [1.807, 2.05) is 97.8 Å². The van der Waals surface area contributed by atoms with Gasteiger partial charge in [-0.2, -0.15) is 0 Å². The molecule has 0 bridgehead atoms. The molecule has 2 spiro atoms. The van der Waals surface area contributed by atoms with Crippen LogP contribution >= 0.6 is 0 Å². The van der Waals surface area contributed by atoms with E-state index in [0.29, 0.717) is 74.5 Å². The Bertz CT molecular complexity index is 2180. The number of carbonyl (C=O) groups is 3. The van der Waals surface area contributed by atoms with Crippen LogP contribution < -0.4 is 20.0 Å². The zero-order valence-corrected chi connectivity index (χ0v) is 36.0. The van der Waals surface area contributed by atoms with E-state index in [4.69, 9.17) is 9.47 Å². The number of piperidine rings is 1. The number of anilines is 3. The molecule has 3 N–H and O–H groups in total. The van der Waals surface area contributed by atoms with Crippen molar-refractivity contribution >= 4 is 43.2 Å². The van der Waals surface area contributed by atoms with E-state index in [9.17, 15) is 19.5 Å². The summed E-state index contributed by atoms with van der Waals surface area (Å²) >= 11 is 0. The molecule has 4 aromatic rings. The molecule has 3 saturated heterocycles. The van der Waals surface area contributed by atoms with Crippen LogP contribution in [0.2, 0.25) is 18.6 Å². The van der Waals surface area contributed by atoms with Crippen molar-refractivity contribution in [2.24, 2.45) is 5.92 Å². The van der Waals surface area contributed by atoms with Crippen LogP contribution in [0.15, 0.2) is 85.1 Å². The van der Waals surface area contributed by atoms with Crippen LogP contribution in [0.25, 0.3) is 0 Å². The van der Waals surface area contributed by atoms with Crippen LogP contribution in [0.3, 0.4) is 0 Å². The number of benzene rings is 3. The Hall–Kier alpha value is -4.93. The molecular formula is C45H57N7O7Si. The van der Waals surface area contributed by atoms with Gasteiger partial charge in [-0.3, -0.25) is 24.0 Å². The lowest BCUT2D eigenvalue weighted by Crippen LogP contribution is -2.55.